The molecular formula is C19H16F2N2O4. The van der Waals surface area contributed by atoms with E-state index in [4.69, 9.17) is 9.47 Å². The molecule has 2 aliphatic heterocycles. The Morgan fingerprint density at radius 3 is 2.78 bits per heavy atom. The molecule has 0 aromatic heterocycles. The average Bonchev–Trinajstić information content (AvgIpc) is 3.26. The maximum absolute atomic E-state index is 13.9. The zero-order valence-corrected chi connectivity index (χ0v) is 14.2. The standard InChI is InChI=1S/C19H16F2N2O4/c20-12-2-3-15(14(21)8-12)23-6-5-13(19(23)25)18(24)22-9-11-1-4-16-17(7-11)27-10-26-16/h1-4,7-8,13H,5-6,9-10H2,(H,22,24). The van der Waals surface area contributed by atoms with Crippen molar-refractivity contribution in [2.45, 2.75) is 13.0 Å². The summed E-state index contributed by atoms with van der Waals surface area (Å²) >= 11 is 0. The summed E-state index contributed by atoms with van der Waals surface area (Å²) in [7, 11) is 0. The summed E-state index contributed by atoms with van der Waals surface area (Å²) in [5, 5.41) is 2.72. The smallest absolute Gasteiger partial charge is 0.239 e. The van der Waals surface area contributed by atoms with Gasteiger partial charge in [0, 0.05) is 19.2 Å². The Kier molecular flexibility index (Phi) is 4.39. The van der Waals surface area contributed by atoms with E-state index in [2.05, 4.69) is 5.32 Å². The molecule has 2 aliphatic rings. The van der Waals surface area contributed by atoms with Crippen LogP contribution < -0.4 is 19.7 Å². The van der Waals surface area contributed by atoms with Crippen molar-refractivity contribution in [1.82, 2.24) is 5.32 Å². The number of hydrogen-bond donors (Lipinski definition) is 1. The molecule has 27 heavy (non-hydrogen) atoms. The lowest BCUT2D eigenvalue weighted by atomic mass is 10.1. The second-order valence-corrected chi connectivity index (χ2v) is 6.33. The van der Waals surface area contributed by atoms with E-state index in [1.54, 1.807) is 18.2 Å². The number of nitrogens with one attached hydrogen (secondary N) is 1. The molecule has 1 fully saturated rings. The van der Waals surface area contributed by atoms with Crippen molar-refractivity contribution in [1.29, 1.82) is 0 Å². The Morgan fingerprint density at radius 1 is 1.15 bits per heavy atom. The van der Waals surface area contributed by atoms with Gasteiger partial charge in [-0.05, 0) is 36.2 Å². The van der Waals surface area contributed by atoms with Crippen molar-refractivity contribution in [3.05, 3.63) is 53.6 Å². The number of ether oxygens (including phenoxy) is 2. The molecule has 4 rings (SSSR count). The lowest BCUT2D eigenvalue weighted by Gasteiger charge is -2.17. The molecule has 2 aromatic rings. The largest absolute Gasteiger partial charge is 0.454 e. The molecule has 1 atom stereocenters. The van der Waals surface area contributed by atoms with E-state index in [1.165, 1.54) is 11.0 Å². The molecule has 0 bridgehead atoms. The number of carbonyl (C=O) groups excluding carboxylic acids is 2. The molecule has 2 heterocycles. The summed E-state index contributed by atoms with van der Waals surface area (Å²) in [5.41, 5.74) is 0.784. The number of carbonyl (C=O) groups is 2. The van der Waals surface area contributed by atoms with Crippen LogP contribution in [0.25, 0.3) is 0 Å². The van der Waals surface area contributed by atoms with Crippen molar-refractivity contribution >= 4 is 17.5 Å². The van der Waals surface area contributed by atoms with Crippen molar-refractivity contribution in [3.63, 3.8) is 0 Å². The van der Waals surface area contributed by atoms with Gasteiger partial charge in [-0.1, -0.05) is 6.07 Å². The summed E-state index contributed by atoms with van der Waals surface area (Å²) in [6.45, 7) is 0.588. The maximum Gasteiger partial charge on any atom is 0.239 e. The lowest BCUT2D eigenvalue weighted by Crippen LogP contribution is -2.36. The topological polar surface area (TPSA) is 67.9 Å². The SMILES string of the molecule is O=C(NCc1ccc2c(c1)OCO2)C1CCN(c2ccc(F)cc2F)C1=O. The van der Waals surface area contributed by atoms with E-state index in [0.717, 1.165) is 17.7 Å². The highest BCUT2D eigenvalue weighted by Gasteiger charge is 2.38. The molecule has 0 aliphatic carbocycles. The van der Waals surface area contributed by atoms with Gasteiger partial charge in [-0.15, -0.1) is 0 Å². The van der Waals surface area contributed by atoms with Gasteiger partial charge in [0.25, 0.3) is 0 Å². The fraction of sp³-hybridized carbons (Fsp3) is 0.263. The predicted molar refractivity (Wildman–Crippen MR) is 91.2 cm³/mol. The summed E-state index contributed by atoms with van der Waals surface area (Å²) in [5.74, 6) is -2.12. The molecule has 0 saturated carbocycles. The number of fused-ring (bicyclic) bond motifs is 1. The Bertz CT molecular complexity index is 919. The highest BCUT2D eigenvalue weighted by Crippen LogP contribution is 2.32. The van der Waals surface area contributed by atoms with Crippen LogP contribution >= 0.6 is 0 Å². The zero-order chi connectivity index (χ0) is 19.0. The number of anilines is 1. The monoisotopic (exact) mass is 374 g/mol. The molecular weight excluding hydrogens is 358 g/mol. The number of nitrogens with zero attached hydrogens (tertiary/aromatic N) is 1. The van der Waals surface area contributed by atoms with Crippen LogP contribution in [0.2, 0.25) is 0 Å². The van der Waals surface area contributed by atoms with Crippen molar-refractivity contribution < 1.29 is 27.8 Å². The molecule has 140 valence electrons. The fourth-order valence-electron chi connectivity index (χ4n) is 3.23. The second kappa shape index (κ2) is 6.86. The van der Waals surface area contributed by atoms with Crippen molar-refractivity contribution in [3.8, 4) is 11.5 Å². The Morgan fingerprint density at radius 2 is 1.96 bits per heavy atom. The third-order valence-electron chi connectivity index (χ3n) is 4.63. The highest BCUT2D eigenvalue weighted by atomic mass is 19.1. The maximum atomic E-state index is 13.9. The minimum atomic E-state index is -0.900. The Hall–Kier alpha value is -3.16. The van der Waals surface area contributed by atoms with Gasteiger partial charge in [-0.25, -0.2) is 8.78 Å². The minimum Gasteiger partial charge on any atom is -0.454 e. The van der Waals surface area contributed by atoms with E-state index in [-0.39, 0.29) is 32.0 Å². The number of halogens is 2. The first-order valence-electron chi connectivity index (χ1n) is 8.45. The zero-order valence-electron chi connectivity index (χ0n) is 14.2. The van der Waals surface area contributed by atoms with E-state index < -0.39 is 29.4 Å². The second-order valence-electron chi connectivity index (χ2n) is 6.33. The van der Waals surface area contributed by atoms with E-state index >= 15 is 0 Å². The van der Waals surface area contributed by atoms with Gasteiger partial charge in [0.05, 0.1) is 5.69 Å². The van der Waals surface area contributed by atoms with Crippen LogP contribution in [0.3, 0.4) is 0 Å². The van der Waals surface area contributed by atoms with Crippen LogP contribution in [-0.4, -0.2) is 25.2 Å². The first-order chi connectivity index (χ1) is 13.0. The van der Waals surface area contributed by atoms with Crippen molar-refractivity contribution in [2.75, 3.05) is 18.2 Å². The predicted octanol–water partition coefficient (Wildman–Crippen LogP) is 2.36. The quantitative estimate of drug-likeness (QED) is 0.835. The van der Waals surface area contributed by atoms with Gasteiger partial charge >= 0.3 is 0 Å². The van der Waals surface area contributed by atoms with Crippen LogP contribution in [0.5, 0.6) is 11.5 Å². The van der Waals surface area contributed by atoms with Crippen LogP contribution in [0.4, 0.5) is 14.5 Å². The summed E-state index contributed by atoms with van der Waals surface area (Å²) < 4.78 is 37.5. The van der Waals surface area contributed by atoms with Gasteiger partial charge in [-0.3, -0.25) is 9.59 Å². The molecule has 8 heteroatoms. The molecule has 1 N–H and O–H groups in total. The number of benzene rings is 2. The Labute approximate surface area is 153 Å². The van der Waals surface area contributed by atoms with Gasteiger partial charge in [0.1, 0.15) is 17.6 Å². The van der Waals surface area contributed by atoms with E-state index in [1.807, 2.05) is 0 Å². The Balaban J connectivity index is 1.40. The molecule has 1 unspecified atom stereocenters. The normalized spacial score (nSPS) is 18.1. The van der Waals surface area contributed by atoms with Crippen LogP contribution in [0.15, 0.2) is 36.4 Å². The third-order valence-corrected chi connectivity index (χ3v) is 4.63. The summed E-state index contributed by atoms with van der Waals surface area (Å²) in [6.07, 6.45) is 0.266. The summed E-state index contributed by atoms with van der Waals surface area (Å²) in [6, 6.07) is 8.32. The first-order valence-corrected chi connectivity index (χ1v) is 8.45. The summed E-state index contributed by atoms with van der Waals surface area (Å²) in [4.78, 5) is 26.1. The van der Waals surface area contributed by atoms with Gasteiger partial charge in [0.15, 0.2) is 11.5 Å². The molecule has 2 aromatic carbocycles. The number of hydrogen-bond acceptors (Lipinski definition) is 4. The van der Waals surface area contributed by atoms with E-state index in [0.29, 0.717) is 11.5 Å². The van der Waals surface area contributed by atoms with Crippen LogP contribution in [0, 0.1) is 17.6 Å². The highest BCUT2D eigenvalue weighted by molar-refractivity contribution is 6.09. The molecule has 1 saturated heterocycles. The molecule has 2 amide bonds. The first kappa shape index (κ1) is 17.3. The van der Waals surface area contributed by atoms with Crippen LogP contribution in [-0.2, 0) is 16.1 Å². The average molecular weight is 374 g/mol. The van der Waals surface area contributed by atoms with Crippen molar-refractivity contribution in [2.24, 2.45) is 5.92 Å². The van der Waals surface area contributed by atoms with Gasteiger partial charge < -0.3 is 19.7 Å². The molecule has 0 radical (unpaired) electrons. The molecule has 6 nitrogen and oxygen atoms in total. The van der Waals surface area contributed by atoms with Gasteiger partial charge in [0.2, 0.25) is 18.6 Å². The third kappa shape index (κ3) is 3.30. The lowest BCUT2D eigenvalue weighted by molar-refractivity contribution is -0.132. The van der Waals surface area contributed by atoms with Crippen LogP contribution in [0.1, 0.15) is 12.0 Å². The minimum absolute atomic E-state index is 0.0209. The number of amides is 2. The number of rotatable bonds is 4. The fourth-order valence-corrected chi connectivity index (χ4v) is 3.23. The molecule has 0 spiro atoms. The van der Waals surface area contributed by atoms with Gasteiger partial charge in [-0.2, -0.15) is 0 Å². The van der Waals surface area contributed by atoms with E-state index in [9.17, 15) is 18.4 Å².